The molecule has 2 aromatic rings. The minimum absolute atomic E-state index is 0.0469. The van der Waals surface area contributed by atoms with Crippen molar-refractivity contribution in [1.82, 2.24) is 14.7 Å². The highest BCUT2D eigenvalue weighted by atomic mass is 16.5. The van der Waals surface area contributed by atoms with Crippen LogP contribution in [-0.4, -0.2) is 60.5 Å². The number of likely N-dealkylation sites (tertiary alicyclic amines) is 1. The van der Waals surface area contributed by atoms with Crippen LogP contribution in [0.15, 0.2) is 36.5 Å². The first-order valence-corrected chi connectivity index (χ1v) is 10.1. The number of hydrogen-bond donors (Lipinski definition) is 2. The second kappa shape index (κ2) is 10.6. The zero-order valence-electron chi connectivity index (χ0n) is 17.5. The number of amides is 3. The number of para-hydroxylation sites is 2. The third kappa shape index (κ3) is 5.73. The molecular formula is C21H29N5O4. The summed E-state index contributed by atoms with van der Waals surface area (Å²) in [5, 5.41) is 10.1. The fourth-order valence-electron chi connectivity index (χ4n) is 3.44. The first kappa shape index (κ1) is 21.6. The van der Waals surface area contributed by atoms with Crippen LogP contribution in [-0.2, 0) is 16.1 Å². The molecule has 0 spiro atoms. The third-order valence-electron chi connectivity index (χ3n) is 5.13. The topological polar surface area (TPSA) is 97.7 Å². The van der Waals surface area contributed by atoms with Crippen LogP contribution in [0, 0.1) is 5.92 Å². The lowest BCUT2D eigenvalue weighted by Crippen LogP contribution is -2.43. The van der Waals surface area contributed by atoms with Crippen LogP contribution in [0.5, 0.6) is 5.75 Å². The van der Waals surface area contributed by atoms with Gasteiger partial charge in [-0.25, -0.2) is 4.79 Å². The van der Waals surface area contributed by atoms with Gasteiger partial charge in [0.25, 0.3) is 0 Å². The van der Waals surface area contributed by atoms with Gasteiger partial charge in [0.05, 0.1) is 12.8 Å². The van der Waals surface area contributed by atoms with E-state index in [2.05, 4.69) is 15.7 Å². The normalized spacial score (nSPS) is 14.4. The average Bonchev–Trinajstić information content (AvgIpc) is 3.21. The molecule has 3 rings (SSSR count). The maximum absolute atomic E-state index is 12.6. The van der Waals surface area contributed by atoms with Gasteiger partial charge in [-0.1, -0.05) is 12.1 Å². The lowest BCUT2D eigenvalue weighted by atomic mass is 9.96. The molecule has 1 aromatic carbocycles. The Kier molecular flexibility index (Phi) is 7.67. The molecule has 0 saturated carbocycles. The van der Waals surface area contributed by atoms with Crippen molar-refractivity contribution in [2.24, 2.45) is 5.92 Å². The molecular weight excluding hydrogens is 386 g/mol. The Bertz CT molecular complexity index is 845. The summed E-state index contributed by atoms with van der Waals surface area (Å²) in [5.41, 5.74) is 0.659. The molecule has 1 saturated heterocycles. The number of urea groups is 1. The van der Waals surface area contributed by atoms with Gasteiger partial charge in [-0.15, -0.1) is 0 Å². The number of rotatable bonds is 8. The fraction of sp³-hybridized carbons (Fsp3) is 0.476. The van der Waals surface area contributed by atoms with Crippen LogP contribution in [0.2, 0.25) is 0 Å². The lowest BCUT2D eigenvalue weighted by molar-refractivity contribution is -0.121. The molecule has 2 heterocycles. The van der Waals surface area contributed by atoms with Gasteiger partial charge in [0.1, 0.15) is 5.75 Å². The van der Waals surface area contributed by atoms with Gasteiger partial charge >= 0.3 is 6.03 Å². The van der Waals surface area contributed by atoms with E-state index < -0.39 is 0 Å². The highest BCUT2D eigenvalue weighted by Gasteiger charge is 2.28. The van der Waals surface area contributed by atoms with Crippen LogP contribution in [0.3, 0.4) is 0 Å². The summed E-state index contributed by atoms with van der Waals surface area (Å²) in [4.78, 5) is 26.8. The maximum Gasteiger partial charge on any atom is 0.323 e. The molecule has 1 fully saturated rings. The first-order chi connectivity index (χ1) is 14.6. The summed E-state index contributed by atoms with van der Waals surface area (Å²) in [6.07, 6.45) is 3.91. The molecule has 0 unspecified atom stereocenters. The number of piperidine rings is 1. The highest BCUT2D eigenvalue weighted by molar-refractivity contribution is 5.94. The molecule has 1 aliphatic heterocycles. The van der Waals surface area contributed by atoms with Gasteiger partial charge in [0.15, 0.2) is 5.82 Å². The second-order valence-corrected chi connectivity index (χ2v) is 7.19. The largest absolute Gasteiger partial charge is 0.495 e. The van der Waals surface area contributed by atoms with Crippen molar-refractivity contribution >= 4 is 23.4 Å². The van der Waals surface area contributed by atoms with Gasteiger partial charge in [-0.3, -0.25) is 14.8 Å². The van der Waals surface area contributed by atoms with Crippen molar-refractivity contribution < 1.29 is 19.1 Å². The van der Waals surface area contributed by atoms with Crippen molar-refractivity contribution in [2.75, 3.05) is 44.5 Å². The summed E-state index contributed by atoms with van der Waals surface area (Å²) < 4.78 is 12.1. The predicted molar refractivity (Wildman–Crippen MR) is 114 cm³/mol. The van der Waals surface area contributed by atoms with E-state index in [1.165, 1.54) is 0 Å². The summed E-state index contributed by atoms with van der Waals surface area (Å²) in [7, 11) is 3.24. The van der Waals surface area contributed by atoms with Crippen LogP contribution in [0.4, 0.5) is 16.3 Å². The Labute approximate surface area is 176 Å². The van der Waals surface area contributed by atoms with Crippen LogP contribution in [0.1, 0.15) is 19.3 Å². The second-order valence-electron chi connectivity index (χ2n) is 7.19. The third-order valence-corrected chi connectivity index (χ3v) is 5.13. The van der Waals surface area contributed by atoms with Crippen LogP contribution >= 0.6 is 0 Å². The number of ether oxygens (including phenoxy) is 2. The van der Waals surface area contributed by atoms with E-state index in [-0.39, 0.29) is 17.9 Å². The van der Waals surface area contributed by atoms with E-state index in [1.807, 2.05) is 30.5 Å². The average molecular weight is 415 g/mol. The van der Waals surface area contributed by atoms with Crippen LogP contribution in [0.25, 0.3) is 0 Å². The molecule has 0 bridgehead atoms. The number of carbonyl (C=O) groups excluding carboxylic acids is 2. The lowest BCUT2D eigenvalue weighted by Gasteiger charge is -2.31. The van der Waals surface area contributed by atoms with Gasteiger partial charge in [0, 0.05) is 51.5 Å². The summed E-state index contributed by atoms with van der Waals surface area (Å²) >= 11 is 0. The first-order valence-electron chi connectivity index (χ1n) is 10.1. The number of nitrogens with one attached hydrogen (secondary N) is 2. The minimum Gasteiger partial charge on any atom is -0.495 e. The van der Waals surface area contributed by atoms with Gasteiger partial charge < -0.3 is 19.7 Å². The summed E-state index contributed by atoms with van der Waals surface area (Å²) in [6, 6.07) is 8.91. The molecule has 9 heteroatoms. The smallest absolute Gasteiger partial charge is 0.323 e. The number of hydrogen-bond acceptors (Lipinski definition) is 5. The van der Waals surface area contributed by atoms with E-state index in [9.17, 15) is 9.59 Å². The summed E-state index contributed by atoms with van der Waals surface area (Å²) in [6.45, 7) is 2.44. The molecule has 162 valence electrons. The van der Waals surface area contributed by atoms with Crippen molar-refractivity contribution in [3.8, 4) is 5.75 Å². The Balaban J connectivity index is 1.45. The number of benzene rings is 1. The van der Waals surface area contributed by atoms with Crippen molar-refractivity contribution in [1.29, 1.82) is 0 Å². The Morgan fingerprint density at radius 1 is 1.13 bits per heavy atom. The molecule has 9 nitrogen and oxygen atoms in total. The Morgan fingerprint density at radius 2 is 1.90 bits per heavy atom. The highest BCUT2D eigenvalue weighted by Crippen LogP contribution is 2.26. The van der Waals surface area contributed by atoms with Crippen molar-refractivity contribution in [2.45, 2.75) is 25.8 Å². The zero-order valence-corrected chi connectivity index (χ0v) is 17.5. The van der Waals surface area contributed by atoms with E-state index in [1.54, 1.807) is 29.9 Å². The van der Waals surface area contributed by atoms with Crippen molar-refractivity contribution in [3.05, 3.63) is 36.5 Å². The van der Waals surface area contributed by atoms with Gasteiger partial charge in [0.2, 0.25) is 5.91 Å². The van der Waals surface area contributed by atoms with E-state index in [0.717, 1.165) is 13.0 Å². The summed E-state index contributed by atoms with van der Waals surface area (Å²) in [5.74, 6) is 0.964. The molecule has 3 amide bonds. The standard InChI is InChI=1S/C21H29N5O4/c1-29-15-5-11-26-14-10-19(24-26)23-21(28)25-12-8-16(9-13-25)20(27)22-17-6-3-4-7-18(17)30-2/h3-4,6-7,10,14,16H,5,8-9,11-13,15H2,1-2H3,(H,22,27)(H,23,24,28). The monoisotopic (exact) mass is 415 g/mol. The van der Waals surface area contributed by atoms with Gasteiger partial charge in [-0.05, 0) is 31.4 Å². The number of anilines is 2. The maximum atomic E-state index is 12.6. The SMILES string of the molecule is COCCCn1ccc(NC(=O)N2CCC(C(=O)Nc3ccccc3OC)CC2)n1. The van der Waals surface area contributed by atoms with E-state index in [4.69, 9.17) is 9.47 Å². The van der Waals surface area contributed by atoms with E-state index >= 15 is 0 Å². The molecule has 0 aliphatic carbocycles. The Hall–Kier alpha value is -3.07. The minimum atomic E-state index is -0.194. The molecule has 2 N–H and O–H groups in total. The Morgan fingerprint density at radius 3 is 2.63 bits per heavy atom. The predicted octanol–water partition coefficient (Wildman–Crippen LogP) is 2.81. The van der Waals surface area contributed by atoms with Gasteiger partial charge in [-0.2, -0.15) is 5.10 Å². The van der Waals surface area contributed by atoms with E-state index in [0.29, 0.717) is 49.8 Å². The fourth-order valence-corrected chi connectivity index (χ4v) is 3.44. The molecule has 0 radical (unpaired) electrons. The number of carbonyl (C=O) groups is 2. The van der Waals surface area contributed by atoms with Crippen LogP contribution < -0.4 is 15.4 Å². The molecule has 0 atom stereocenters. The number of nitrogens with zero attached hydrogens (tertiary/aromatic N) is 3. The number of methoxy groups -OCH3 is 2. The van der Waals surface area contributed by atoms with Crippen molar-refractivity contribution in [3.63, 3.8) is 0 Å². The molecule has 1 aliphatic rings. The molecule has 1 aromatic heterocycles. The molecule has 30 heavy (non-hydrogen) atoms. The number of aromatic nitrogens is 2. The number of aryl methyl sites for hydroxylation is 1. The quantitative estimate of drug-likeness (QED) is 0.646. The zero-order chi connectivity index (χ0) is 21.3.